The van der Waals surface area contributed by atoms with Gasteiger partial charge >= 0.3 is 0 Å². The van der Waals surface area contributed by atoms with Gasteiger partial charge in [-0.2, -0.15) is 4.98 Å². The molecule has 3 heterocycles. The molecule has 0 aromatic carbocycles. The molecule has 0 spiro atoms. The number of rotatable bonds is 2. The van der Waals surface area contributed by atoms with Crippen LogP contribution in [0.15, 0.2) is 11.1 Å². The van der Waals surface area contributed by atoms with Crippen LogP contribution in [0.25, 0.3) is 11.2 Å². The fourth-order valence-corrected chi connectivity index (χ4v) is 3.00. The number of hydrogen-bond acceptors (Lipinski definition) is 7. The second-order valence-corrected chi connectivity index (χ2v) is 5.70. The molecular weight excluding hydrogens is 326 g/mol. The lowest BCUT2D eigenvalue weighted by Crippen LogP contribution is -2.41. The average Bonchev–Trinajstić information content (AvgIpc) is 3.01. The van der Waals surface area contributed by atoms with Crippen molar-refractivity contribution >= 4 is 28.7 Å². The van der Waals surface area contributed by atoms with Gasteiger partial charge in [0.05, 0.1) is 12.9 Å². The van der Waals surface area contributed by atoms with Crippen molar-refractivity contribution in [3.05, 3.63) is 16.7 Å². The summed E-state index contributed by atoms with van der Waals surface area (Å²) in [4.78, 5) is 20.7. The zero-order chi connectivity index (χ0) is 16.8. The zero-order valence-electron chi connectivity index (χ0n) is 12.0. The molecule has 1 saturated heterocycles. The standard InChI is InChI=1S/C13H14ClN5O4/c1-2-3-13(14)8(21)6(4-20)23-11(13)19-5-16-7-9(19)17-12(15)18-10(7)22/h5-6,8,11,20-21H,4H2,1H3,(H3,15,17,18,22)/t6-,8+,11-,13?/m1/s1. The molecular formula is C13H14ClN5O4. The third-order valence-electron chi connectivity index (χ3n) is 3.65. The van der Waals surface area contributed by atoms with E-state index in [0.29, 0.717) is 0 Å². The molecule has 2 aromatic rings. The monoisotopic (exact) mass is 339 g/mol. The van der Waals surface area contributed by atoms with Gasteiger partial charge in [-0.1, -0.05) is 17.5 Å². The molecule has 122 valence electrons. The number of ether oxygens (including phenoxy) is 1. The summed E-state index contributed by atoms with van der Waals surface area (Å²) >= 11 is 6.48. The number of aromatic amines is 1. The smallest absolute Gasteiger partial charge is 0.280 e. The van der Waals surface area contributed by atoms with Gasteiger partial charge in [-0.15, -0.1) is 5.92 Å². The summed E-state index contributed by atoms with van der Waals surface area (Å²) in [5.74, 6) is 5.25. The van der Waals surface area contributed by atoms with Crippen molar-refractivity contribution in [3.63, 3.8) is 0 Å². The molecule has 10 heteroatoms. The summed E-state index contributed by atoms with van der Waals surface area (Å²) in [7, 11) is 0. The number of aromatic nitrogens is 4. The zero-order valence-corrected chi connectivity index (χ0v) is 12.8. The summed E-state index contributed by atoms with van der Waals surface area (Å²) in [6, 6.07) is 0. The maximum atomic E-state index is 11.9. The Morgan fingerprint density at radius 3 is 3.04 bits per heavy atom. The lowest BCUT2D eigenvalue weighted by atomic mass is 9.99. The molecule has 1 fully saturated rings. The Balaban J connectivity index is 2.20. The van der Waals surface area contributed by atoms with Crippen LogP contribution in [0.1, 0.15) is 13.2 Å². The lowest BCUT2D eigenvalue weighted by Gasteiger charge is -2.25. The van der Waals surface area contributed by atoms with E-state index >= 15 is 0 Å². The summed E-state index contributed by atoms with van der Waals surface area (Å²) in [6.07, 6.45) is -1.89. The Kier molecular flexibility index (Phi) is 3.77. The second kappa shape index (κ2) is 5.50. The van der Waals surface area contributed by atoms with Gasteiger partial charge in [-0.25, -0.2) is 4.98 Å². The highest BCUT2D eigenvalue weighted by Gasteiger charge is 2.55. The molecule has 1 aliphatic rings. The van der Waals surface area contributed by atoms with E-state index in [0.717, 1.165) is 0 Å². The van der Waals surface area contributed by atoms with Gasteiger partial charge in [0.1, 0.15) is 12.2 Å². The molecule has 1 aliphatic heterocycles. The number of nitrogens with two attached hydrogens (primary N) is 1. The molecule has 1 unspecified atom stereocenters. The Bertz CT molecular complexity index is 869. The number of anilines is 1. The number of aliphatic hydroxyl groups is 2. The highest BCUT2D eigenvalue weighted by atomic mass is 35.5. The van der Waals surface area contributed by atoms with Crippen LogP contribution in [0, 0.1) is 11.8 Å². The molecule has 23 heavy (non-hydrogen) atoms. The number of hydrogen-bond donors (Lipinski definition) is 4. The third kappa shape index (κ3) is 2.27. The normalized spacial score (nSPS) is 30.3. The fourth-order valence-electron chi connectivity index (χ4n) is 2.61. The van der Waals surface area contributed by atoms with Gasteiger partial charge < -0.3 is 20.7 Å². The van der Waals surface area contributed by atoms with E-state index in [9.17, 15) is 15.0 Å². The maximum Gasteiger partial charge on any atom is 0.280 e. The number of H-pyrrole nitrogens is 1. The predicted molar refractivity (Wildman–Crippen MR) is 81.6 cm³/mol. The van der Waals surface area contributed by atoms with Crippen LogP contribution in [0.4, 0.5) is 5.95 Å². The van der Waals surface area contributed by atoms with Crippen molar-refractivity contribution in [3.8, 4) is 11.8 Å². The number of halogens is 1. The van der Waals surface area contributed by atoms with Crippen LogP contribution in [-0.4, -0.2) is 53.4 Å². The largest absolute Gasteiger partial charge is 0.394 e. The predicted octanol–water partition coefficient (Wildman–Crippen LogP) is -1.05. The van der Waals surface area contributed by atoms with Crippen molar-refractivity contribution in [2.75, 3.05) is 12.3 Å². The van der Waals surface area contributed by atoms with Crippen LogP contribution in [-0.2, 0) is 4.74 Å². The number of aliphatic hydroxyl groups excluding tert-OH is 2. The molecule has 3 rings (SSSR count). The van der Waals surface area contributed by atoms with Gasteiger partial charge in [0.2, 0.25) is 5.95 Å². The van der Waals surface area contributed by atoms with E-state index in [1.54, 1.807) is 6.92 Å². The first-order valence-electron chi connectivity index (χ1n) is 6.72. The Hall–Kier alpha value is -2.12. The molecule has 0 radical (unpaired) electrons. The van der Waals surface area contributed by atoms with Crippen LogP contribution in [0.3, 0.4) is 0 Å². The van der Waals surface area contributed by atoms with E-state index in [1.807, 2.05) is 0 Å². The highest BCUT2D eigenvalue weighted by Crippen LogP contribution is 2.43. The molecule has 2 aromatic heterocycles. The third-order valence-corrected chi connectivity index (χ3v) is 4.15. The molecule has 4 atom stereocenters. The van der Waals surface area contributed by atoms with Crippen molar-refractivity contribution < 1.29 is 14.9 Å². The van der Waals surface area contributed by atoms with Crippen LogP contribution < -0.4 is 11.3 Å². The summed E-state index contributed by atoms with van der Waals surface area (Å²) in [6.45, 7) is 1.12. The van der Waals surface area contributed by atoms with Crippen molar-refractivity contribution in [2.45, 2.75) is 30.2 Å². The van der Waals surface area contributed by atoms with Gasteiger partial charge in [0.15, 0.2) is 22.3 Å². The number of imidazole rings is 1. The molecule has 9 nitrogen and oxygen atoms in total. The average molecular weight is 340 g/mol. The number of nitrogens with one attached hydrogen (secondary N) is 1. The second-order valence-electron chi connectivity index (χ2n) is 5.07. The van der Waals surface area contributed by atoms with Crippen molar-refractivity contribution in [2.24, 2.45) is 0 Å². The summed E-state index contributed by atoms with van der Waals surface area (Å²) < 4.78 is 6.99. The van der Waals surface area contributed by atoms with Crippen LogP contribution >= 0.6 is 11.6 Å². The Morgan fingerprint density at radius 1 is 1.65 bits per heavy atom. The number of fused-ring (bicyclic) bond motifs is 1. The topological polar surface area (TPSA) is 139 Å². The first-order valence-corrected chi connectivity index (χ1v) is 7.09. The van der Waals surface area contributed by atoms with Gasteiger partial charge in [-0.3, -0.25) is 14.3 Å². The molecule has 0 amide bonds. The van der Waals surface area contributed by atoms with Gasteiger partial charge in [0.25, 0.3) is 5.56 Å². The van der Waals surface area contributed by atoms with E-state index < -0.39 is 35.5 Å². The van der Waals surface area contributed by atoms with E-state index in [1.165, 1.54) is 10.9 Å². The number of nitrogen functional groups attached to an aromatic ring is 1. The maximum absolute atomic E-state index is 11.9. The minimum absolute atomic E-state index is 0.0493. The van der Waals surface area contributed by atoms with Crippen LogP contribution in [0.5, 0.6) is 0 Å². The summed E-state index contributed by atoms with van der Waals surface area (Å²) in [5, 5.41) is 19.7. The summed E-state index contributed by atoms with van der Waals surface area (Å²) in [5.41, 5.74) is 5.24. The first-order chi connectivity index (χ1) is 10.9. The Morgan fingerprint density at radius 2 is 2.39 bits per heavy atom. The van der Waals surface area contributed by atoms with Crippen molar-refractivity contribution in [1.29, 1.82) is 0 Å². The van der Waals surface area contributed by atoms with E-state index in [-0.39, 0.29) is 17.1 Å². The van der Waals surface area contributed by atoms with Crippen molar-refractivity contribution in [1.82, 2.24) is 19.5 Å². The Labute approximate surface area is 135 Å². The van der Waals surface area contributed by atoms with E-state index in [4.69, 9.17) is 22.1 Å². The van der Waals surface area contributed by atoms with Gasteiger partial charge in [-0.05, 0) is 6.92 Å². The first kappa shape index (κ1) is 15.8. The highest BCUT2D eigenvalue weighted by molar-refractivity contribution is 6.27. The molecule has 0 aliphatic carbocycles. The van der Waals surface area contributed by atoms with Crippen LogP contribution in [0.2, 0.25) is 0 Å². The number of nitrogens with zero attached hydrogens (tertiary/aromatic N) is 3. The number of alkyl halides is 1. The molecule has 5 N–H and O–H groups in total. The minimum Gasteiger partial charge on any atom is -0.394 e. The minimum atomic E-state index is -1.53. The van der Waals surface area contributed by atoms with E-state index in [2.05, 4.69) is 26.8 Å². The van der Waals surface area contributed by atoms with Gasteiger partial charge in [0, 0.05) is 0 Å². The molecule has 0 bridgehead atoms. The molecule has 0 saturated carbocycles. The SMILES string of the molecule is CC#CC1(Cl)[C@@H](O)[C@@H](CO)O[C@H]1n1cnc2c(=O)[nH]c(N)nc21. The lowest BCUT2D eigenvalue weighted by molar-refractivity contribution is -0.0436. The fraction of sp³-hybridized carbons (Fsp3) is 0.462. The quantitative estimate of drug-likeness (QED) is 0.404.